The quantitative estimate of drug-likeness (QED) is 0.643. The standard InChI is InChI=1S/C12H28N2O2/c1-7-12(2,3)14(4)10(9-13)8-11(15-5)16-6/h10-11H,7-9,13H2,1-6H3. The minimum absolute atomic E-state index is 0.149. The molecular formula is C12H28N2O2. The van der Waals surface area contributed by atoms with Gasteiger partial charge >= 0.3 is 0 Å². The van der Waals surface area contributed by atoms with Gasteiger partial charge in [0.25, 0.3) is 0 Å². The molecule has 0 saturated carbocycles. The van der Waals surface area contributed by atoms with E-state index in [1.165, 1.54) is 0 Å². The van der Waals surface area contributed by atoms with Crippen molar-refractivity contribution in [1.82, 2.24) is 4.90 Å². The summed E-state index contributed by atoms with van der Waals surface area (Å²) in [6.45, 7) is 7.26. The second-order valence-corrected chi connectivity index (χ2v) is 4.80. The van der Waals surface area contributed by atoms with Crippen LogP contribution in [0.1, 0.15) is 33.6 Å². The Morgan fingerprint density at radius 1 is 1.25 bits per heavy atom. The third-order valence-corrected chi connectivity index (χ3v) is 3.63. The fourth-order valence-corrected chi connectivity index (χ4v) is 1.67. The van der Waals surface area contributed by atoms with Crippen LogP contribution >= 0.6 is 0 Å². The lowest BCUT2D eigenvalue weighted by Gasteiger charge is -2.41. The van der Waals surface area contributed by atoms with Crippen LogP contribution in [0.4, 0.5) is 0 Å². The van der Waals surface area contributed by atoms with Crippen LogP contribution in [-0.4, -0.2) is 50.6 Å². The van der Waals surface area contributed by atoms with Gasteiger partial charge in [-0.25, -0.2) is 0 Å². The molecular weight excluding hydrogens is 204 g/mol. The van der Waals surface area contributed by atoms with E-state index in [1.54, 1.807) is 14.2 Å². The van der Waals surface area contributed by atoms with E-state index < -0.39 is 0 Å². The fourth-order valence-electron chi connectivity index (χ4n) is 1.67. The zero-order valence-corrected chi connectivity index (χ0v) is 11.6. The first-order valence-corrected chi connectivity index (χ1v) is 5.91. The van der Waals surface area contributed by atoms with Gasteiger partial charge in [0.05, 0.1) is 0 Å². The Bertz CT molecular complexity index is 182. The van der Waals surface area contributed by atoms with E-state index in [2.05, 4.69) is 32.7 Å². The van der Waals surface area contributed by atoms with Gasteiger partial charge in [-0.2, -0.15) is 0 Å². The molecule has 0 aliphatic heterocycles. The van der Waals surface area contributed by atoms with Crippen LogP contribution < -0.4 is 5.73 Å². The topological polar surface area (TPSA) is 47.7 Å². The number of likely N-dealkylation sites (N-methyl/N-ethyl adjacent to an activating group) is 1. The van der Waals surface area contributed by atoms with Crippen LogP contribution in [0.5, 0.6) is 0 Å². The number of methoxy groups -OCH3 is 2. The number of hydrogen-bond donors (Lipinski definition) is 1. The third kappa shape index (κ3) is 4.37. The maximum absolute atomic E-state index is 5.83. The Hall–Kier alpha value is -0.160. The van der Waals surface area contributed by atoms with Crippen molar-refractivity contribution in [2.24, 2.45) is 5.73 Å². The van der Waals surface area contributed by atoms with Gasteiger partial charge in [-0.05, 0) is 27.3 Å². The Morgan fingerprint density at radius 3 is 2.06 bits per heavy atom. The van der Waals surface area contributed by atoms with Crippen molar-refractivity contribution >= 4 is 0 Å². The van der Waals surface area contributed by atoms with Gasteiger partial charge < -0.3 is 15.2 Å². The van der Waals surface area contributed by atoms with Crippen molar-refractivity contribution in [3.8, 4) is 0 Å². The average Bonchev–Trinajstić information content (AvgIpc) is 2.30. The van der Waals surface area contributed by atoms with E-state index in [-0.39, 0.29) is 17.9 Å². The third-order valence-electron chi connectivity index (χ3n) is 3.63. The number of rotatable bonds is 8. The Kier molecular flexibility index (Phi) is 7.15. The summed E-state index contributed by atoms with van der Waals surface area (Å²) < 4.78 is 10.4. The summed E-state index contributed by atoms with van der Waals surface area (Å²) in [7, 11) is 5.43. The Morgan fingerprint density at radius 2 is 1.75 bits per heavy atom. The van der Waals surface area contributed by atoms with Crippen LogP contribution in [0.15, 0.2) is 0 Å². The molecule has 98 valence electrons. The SMILES string of the molecule is CCC(C)(C)N(C)C(CN)CC(OC)OC. The molecule has 16 heavy (non-hydrogen) atoms. The molecule has 1 unspecified atom stereocenters. The summed E-state index contributed by atoms with van der Waals surface area (Å²) in [5.41, 5.74) is 5.98. The molecule has 0 aliphatic rings. The second kappa shape index (κ2) is 7.22. The van der Waals surface area contributed by atoms with Crippen molar-refractivity contribution in [3.05, 3.63) is 0 Å². The largest absolute Gasteiger partial charge is 0.356 e. The first kappa shape index (κ1) is 15.8. The summed E-state index contributed by atoms with van der Waals surface area (Å²) in [6.07, 6.45) is 1.71. The van der Waals surface area contributed by atoms with E-state index in [1.807, 2.05) is 0 Å². The molecule has 0 aromatic carbocycles. The zero-order chi connectivity index (χ0) is 12.8. The highest BCUT2D eigenvalue weighted by molar-refractivity contribution is 4.84. The highest BCUT2D eigenvalue weighted by Crippen LogP contribution is 2.21. The normalized spacial score (nSPS) is 14.8. The van der Waals surface area contributed by atoms with Crippen LogP contribution in [0.25, 0.3) is 0 Å². The van der Waals surface area contributed by atoms with Crippen molar-refractivity contribution in [2.45, 2.75) is 51.5 Å². The van der Waals surface area contributed by atoms with Crippen molar-refractivity contribution in [3.63, 3.8) is 0 Å². The molecule has 0 aromatic rings. The van der Waals surface area contributed by atoms with E-state index in [9.17, 15) is 0 Å². The summed E-state index contributed by atoms with van der Waals surface area (Å²) in [5, 5.41) is 0. The molecule has 4 heteroatoms. The minimum Gasteiger partial charge on any atom is -0.356 e. The fraction of sp³-hybridized carbons (Fsp3) is 1.00. The van der Waals surface area contributed by atoms with Crippen LogP contribution in [0.3, 0.4) is 0 Å². The molecule has 2 N–H and O–H groups in total. The average molecular weight is 232 g/mol. The summed E-state index contributed by atoms with van der Waals surface area (Å²) in [6, 6.07) is 0.278. The first-order valence-electron chi connectivity index (χ1n) is 5.91. The highest BCUT2D eigenvalue weighted by Gasteiger charge is 2.28. The molecule has 0 radical (unpaired) electrons. The Balaban J connectivity index is 4.48. The minimum atomic E-state index is -0.177. The molecule has 0 saturated heterocycles. The van der Waals surface area contributed by atoms with Gasteiger partial charge in [-0.15, -0.1) is 0 Å². The van der Waals surface area contributed by atoms with Gasteiger partial charge in [-0.3, -0.25) is 4.90 Å². The van der Waals surface area contributed by atoms with Gasteiger partial charge in [0.15, 0.2) is 6.29 Å². The lowest BCUT2D eigenvalue weighted by atomic mass is 9.96. The number of nitrogens with zero attached hydrogens (tertiary/aromatic N) is 1. The Labute approximate surface area is 100 Å². The van der Waals surface area contributed by atoms with Crippen molar-refractivity contribution < 1.29 is 9.47 Å². The van der Waals surface area contributed by atoms with Gasteiger partial charge in [0.2, 0.25) is 0 Å². The molecule has 0 heterocycles. The molecule has 0 aromatic heterocycles. The van der Waals surface area contributed by atoms with Gasteiger partial charge in [-0.1, -0.05) is 6.92 Å². The van der Waals surface area contributed by atoms with Crippen LogP contribution in [0.2, 0.25) is 0 Å². The molecule has 0 amide bonds. The molecule has 1 atom stereocenters. The lowest BCUT2D eigenvalue weighted by molar-refractivity contribution is -0.119. The zero-order valence-electron chi connectivity index (χ0n) is 11.6. The molecule has 0 aliphatic carbocycles. The van der Waals surface area contributed by atoms with Crippen molar-refractivity contribution in [2.75, 3.05) is 27.8 Å². The first-order chi connectivity index (χ1) is 7.42. The van der Waals surface area contributed by atoms with Crippen LogP contribution in [-0.2, 0) is 9.47 Å². The van der Waals surface area contributed by atoms with Gasteiger partial charge in [0, 0.05) is 38.8 Å². The highest BCUT2D eigenvalue weighted by atomic mass is 16.7. The van der Waals surface area contributed by atoms with Crippen LogP contribution in [0, 0.1) is 0 Å². The number of ether oxygens (including phenoxy) is 2. The van der Waals surface area contributed by atoms with Gasteiger partial charge in [0.1, 0.15) is 0 Å². The smallest absolute Gasteiger partial charge is 0.158 e. The van der Waals surface area contributed by atoms with E-state index in [0.29, 0.717) is 6.54 Å². The van der Waals surface area contributed by atoms with Crippen molar-refractivity contribution in [1.29, 1.82) is 0 Å². The summed E-state index contributed by atoms with van der Waals surface area (Å²) in [4.78, 5) is 2.32. The lowest BCUT2D eigenvalue weighted by Crippen LogP contribution is -2.51. The second-order valence-electron chi connectivity index (χ2n) is 4.80. The predicted molar refractivity (Wildman–Crippen MR) is 67.4 cm³/mol. The monoisotopic (exact) mass is 232 g/mol. The number of nitrogens with two attached hydrogens (primary N) is 1. The summed E-state index contributed by atoms with van der Waals surface area (Å²) >= 11 is 0. The van der Waals surface area contributed by atoms with E-state index in [4.69, 9.17) is 15.2 Å². The summed E-state index contributed by atoms with van der Waals surface area (Å²) in [5.74, 6) is 0. The molecule has 0 bridgehead atoms. The molecule has 0 fully saturated rings. The number of hydrogen-bond acceptors (Lipinski definition) is 4. The van der Waals surface area contributed by atoms with E-state index in [0.717, 1.165) is 12.8 Å². The maximum Gasteiger partial charge on any atom is 0.158 e. The maximum atomic E-state index is 5.83. The molecule has 0 rings (SSSR count). The predicted octanol–water partition coefficient (Wildman–Crippen LogP) is 1.44. The molecule has 0 spiro atoms. The van der Waals surface area contributed by atoms with E-state index >= 15 is 0 Å². The molecule has 4 nitrogen and oxygen atoms in total.